The van der Waals surface area contributed by atoms with Crippen LogP contribution in [0, 0.1) is 6.92 Å². The summed E-state index contributed by atoms with van der Waals surface area (Å²) >= 11 is 0. The van der Waals surface area contributed by atoms with Crippen LogP contribution in [0.15, 0.2) is 41.6 Å². The molecule has 0 fully saturated rings. The second-order valence-electron chi connectivity index (χ2n) is 4.66. The Hall–Kier alpha value is -1.79. The van der Waals surface area contributed by atoms with E-state index in [4.69, 9.17) is 4.74 Å². The second kappa shape index (κ2) is 5.68. The maximum atomic E-state index is 12.3. The summed E-state index contributed by atoms with van der Waals surface area (Å²) in [6, 6.07) is 6.95. The van der Waals surface area contributed by atoms with Crippen LogP contribution in [-0.4, -0.2) is 20.1 Å². The average molecular weight is 294 g/mol. The van der Waals surface area contributed by atoms with E-state index in [1.54, 1.807) is 12.1 Å². The number of hydrogen-bond acceptors (Lipinski definition) is 3. The van der Waals surface area contributed by atoms with Gasteiger partial charge >= 0.3 is 0 Å². The highest BCUT2D eigenvalue weighted by Crippen LogP contribution is 2.24. The Morgan fingerprint density at radius 1 is 1.30 bits per heavy atom. The van der Waals surface area contributed by atoms with Crippen molar-refractivity contribution in [2.45, 2.75) is 18.4 Å². The van der Waals surface area contributed by atoms with Crippen molar-refractivity contribution in [3.05, 3.63) is 47.8 Å². The fourth-order valence-electron chi connectivity index (χ4n) is 1.92. The zero-order valence-corrected chi connectivity index (χ0v) is 12.6. The number of methoxy groups -OCH3 is 1. The minimum absolute atomic E-state index is 0.163. The van der Waals surface area contributed by atoms with Crippen LogP contribution in [0.25, 0.3) is 0 Å². The van der Waals surface area contributed by atoms with Crippen LogP contribution in [-0.2, 0) is 23.6 Å². The number of nitrogens with zero attached hydrogens (tertiary/aromatic N) is 1. The Kier molecular flexibility index (Phi) is 4.15. The summed E-state index contributed by atoms with van der Waals surface area (Å²) in [5.41, 5.74) is 1.77. The zero-order valence-electron chi connectivity index (χ0n) is 11.8. The quantitative estimate of drug-likeness (QED) is 0.915. The maximum absolute atomic E-state index is 12.3. The fourth-order valence-corrected chi connectivity index (χ4v) is 3.18. The van der Waals surface area contributed by atoms with E-state index in [0.29, 0.717) is 5.75 Å². The Morgan fingerprint density at radius 3 is 2.65 bits per heavy atom. The first-order valence-corrected chi connectivity index (χ1v) is 7.66. The summed E-state index contributed by atoms with van der Waals surface area (Å²) in [4.78, 5) is 0.163. The first-order valence-electron chi connectivity index (χ1n) is 6.17. The molecule has 0 aliphatic heterocycles. The van der Waals surface area contributed by atoms with Crippen molar-refractivity contribution in [3.63, 3.8) is 0 Å². The van der Waals surface area contributed by atoms with Gasteiger partial charge in [0.15, 0.2) is 0 Å². The summed E-state index contributed by atoms with van der Waals surface area (Å²) < 4.78 is 34.3. The van der Waals surface area contributed by atoms with E-state index in [9.17, 15) is 8.42 Å². The lowest BCUT2D eigenvalue weighted by molar-refractivity contribution is 0.402. The molecule has 0 unspecified atom stereocenters. The maximum Gasteiger partial charge on any atom is 0.244 e. The monoisotopic (exact) mass is 294 g/mol. The molecule has 0 aliphatic carbocycles. The number of benzene rings is 1. The zero-order chi connectivity index (χ0) is 14.8. The number of aryl methyl sites for hydroxylation is 2. The highest BCUT2D eigenvalue weighted by molar-refractivity contribution is 7.89. The molecule has 0 aliphatic rings. The molecule has 0 amide bonds. The lowest BCUT2D eigenvalue weighted by Crippen LogP contribution is -2.23. The van der Waals surface area contributed by atoms with Crippen LogP contribution in [0.4, 0.5) is 0 Å². The van der Waals surface area contributed by atoms with Crippen LogP contribution >= 0.6 is 0 Å². The summed E-state index contributed by atoms with van der Waals surface area (Å²) in [5, 5.41) is 0. The highest BCUT2D eigenvalue weighted by Gasteiger charge is 2.19. The number of rotatable bonds is 5. The molecule has 1 aromatic heterocycles. The summed E-state index contributed by atoms with van der Waals surface area (Å²) in [6.45, 7) is 2.09. The Balaban J connectivity index is 2.24. The third-order valence-corrected chi connectivity index (χ3v) is 4.39. The molecule has 0 saturated heterocycles. The number of ether oxygens (including phenoxy) is 1. The van der Waals surface area contributed by atoms with E-state index in [1.165, 1.54) is 7.11 Å². The largest absolute Gasteiger partial charge is 0.495 e. The molecule has 20 heavy (non-hydrogen) atoms. The molecule has 108 valence electrons. The van der Waals surface area contributed by atoms with E-state index in [-0.39, 0.29) is 11.4 Å². The van der Waals surface area contributed by atoms with E-state index in [1.807, 2.05) is 43.1 Å². The first kappa shape index (κ1) is 14.6. The van der Waals surface area contributed by atoms with Crippen LogP contribution in [0.1, 0.15) is 11.1 Å². The van der Waals surface area contributed by atoms with Gasteiger partial charge in [0, 0.05) is 26.0 Å². The Bertz CT molecular complexity index is 705. The molecule has 1 N–H and O–H groups in total. The molecule has 0 atom stereocenters. The molecule has 0 bridgehead atoms. The Labute approximate surface area is 119 Å². The molecule has 1 heterocycles. The fraction of sp³-hybridized carbons (Fsp3) is 0.286. The Morgan fingerprint density at radius 2 is 2.05 bits per heavy atom. The lowest BCUT2D eigenvalue weighted by atomic mass is 10.2. The van der Waals surface area contributed by atoms with Crippen molar-refractivity contribution in [1.29, 1.82) is 0 Å². The van der Waals surface area contributed by atoms with Crippen LogP contribution in [0.3, 0.4) is 0 Å². The van der Waals surface area contributed by atoms with Gasteiger partial charge in [-0.15, -0.1) is 0 Å². The van der Waals surface area contributed by atoms with Gasteiger partial charge in [0.2, 0.25) is 10.0 Å². The van der Waals surface area contributed by atoms with Crippen molar-refractivity contribution >= 4 is 10.0 Å². The van der Waals surface area contributed by atoms with Gasteiger partial charge < -0.3 is 9.30 Å². The standard InChI is InChI=1S/C14H18N2O3S/c1-11-4-5-13(19-3)14(8-11)20(17,18)15-9-12-6-7-16(2)10-12/h4-8,10,15H,9H2,1-3H3. The van der Waals surface area contributed by atoms with Gasteiger partial charge in [-0.05, 0) is 36.2 Å². The predicted octanol–water partition coefficient (Wildman–Crippen LogP) is 1.82. The van der Waals surface area contributed by atoms with Gasteiger partial charge in [-0.2, -0.15) is 0 Å². The molecule has 0 radical (unpaired) electrons. The molecule has 2 rings (SSSR count). The summed E-state index contributed by atoms with van der Waals surface area (Å²) in [7, 11) is -0.249. The molecule has 2 aromatic rings. The van der Waals surface area contributed by atoms with Gasteiger partial charge in [0.1, 0.15) is 10.6 Å². The van der Waals surface area contributed by atoms with E-state index >= 15 is 0 Å². The normalized spacial score (nSPS) is 11.6. The number of hydrogen-bond donors (Lipinski definition) is 1. The highest BCUT2D eigenvalue weighted by atomic mass is 32.2. The molecule has 6 heteroatoms. The van der Waals surface area contributed by atoms with Crippen molar-refractivity contribution in [3.8, 4) is 5.75 Å². The average Bonchev–Trinajstić information content (AvgIpc) is 2.82. The number of sulfonamides is 1. The number of aromatic nitrogens is 1. The van der Waals surface area contributed by atoms with Crippen molar-refractivity contribution in [2.24, 2.45) is 7.05 Å². The van der Waals surface area contributed by atoms with E-state index < -0.39 is 10.0 Å². The topological polar surface area (TPSA) is 60.3 Å². The second-order valence-corrected chi connectivity index (χ2v) is 6.40. The smallest absolute Gasteiger partial charge is 0.244 e. The van der Waals surface area contributed by atoms with Gasteiger partial charge in [-0.1, -0.05) is 6.07 Å². The third kappa shape index (κ3) is 3.20. The molecule has 0 saturated carbocycles. The lowest BCUT2D eigenvalue weighted by Gasteiger charge is -2.11. The van der Waals surface area contributed by atoms with E-state index in [2.05, 4.69) is 4.72 Å². The summed E-state index contributed by atoms with van der Waals surface area (Å²) in [6.07, 6.45) is 3.74. The van der Waals surface area contributed by atoms with Gasteiger partial charge in [-0.3, -0.25) is 0 Å². The molecular weight excluding hydrogens is 276 g/mol. The molecular formula is C14H18N2O3S. The van der Waals surface area contributed by atoms with Gasteiger partial charge in [-0.25, -0.2) is 13.1 Å². The van der Waals surface area contributed by atoms with Crippen molar-refractivity contribution in [1.82, 2.24) is 9.29 Å². The minimum atomic E-state index is -3.60. The SMILES string of the molecule is COc1ccc(C)cc1S(=O)(=O)NCc1ccn(C)c1. The third-order valence-electron chi connectivity index (χ3n) is 2.97. The van der Waals surface area contributed by atoms with Crippen molar-refractivity contribution < 1.29 is 13.2 Å². The molecule has 1 aromatic carbocycles. The van der Waals surface area contributed by atoms with Crippen LogP contribution in [0.5, 0.6) is 5.75 Å². The van der Waals surface area contributed by atoms with Gasteiger partial charge in [0.05, 0.1) is 7.11 Å². The number of nitrogens with one attached hydrogen (secondary N) is 1. The minimum Gasteiger partial charge on any atom is -0.495 e. The predicted molar refractivity (Wildman–Crippen MR) is 77.2 cm³/mol. The van der Waals surface area contributed by atoms with Crippen LogP contribution < -0.4 is 9.46 Å². The van der Waals surface area contributed by atoms with Crippen LogP contribution in [0.2, 0.25) is 0 Å². The molecule has 0 spiro atoms. The molecule has 5 nitrogen and oxygen atoms in total. The van der Waals surface area contributed by atoms with Crippen molar-refractivity contribution in [2.75, 3.05) is 7.11 Å². The first-order chi connectivity index (χ1) is 9.42. The summed E-state index contributed by atoms with van der Waals surface area (Å²) in [5.74, 6) is 0.344. The van der Waals surface area contributed by atoms with E-state index in [0.717, 1.165) is 11.1 Å². The van der Waals surface area contributed by atoms with Gasteiger partial charge in [0.25, 0.3) is 0 Å².